The van der Waals surface area contributed by atoms with E-state index in [-0.39, 0.29) is 31.1 Å². The van der Waals surface area contributed by atoms with E-state index in [9.17, 15) is 29.6 Å². The van der Waals surface area contributed by atoms with Crippen LogP contribution >= 0.6 is 0 Å². The number of aliphatic hydroxyl groups is 1. The van der Waals surface area contributed by atoms with Gasteiger partial charge in [-0.05, 0) is 61.0 Å². The summed E-state index contributed by atoms with van der Waals surface area (Å²) in [6, 6.07) is 18.0. The molecule has 6 N–H and O–H groups in total. The minimum absolute atomic E-state index is 0. The number of nitro benzene ring substituents is 1. The summed E-state index contributed by atoms with van der Waals surface area (Å²) in [5, 5.41) is 37.2. The first-order valence-corrected chi connectivity index (χ1v) is 12.0. The van der Waals surface area contributed by atoms with Crippen molar-refractivity contribution >= 4 is 29.1 Å². The molecule has 0 heterocycles. The third-order valence-corrected chi connectivity index (χ3v) is 5.59. The number of amides is 3. The van der Waals surface area contributed by atoms with Gasteiger partial charge in [0.1, 0.15) is 6.04 Å². The number of nitrogens with one attached hydrogen (secondary N) is 4. The third kappa shape index (κ3) is 9.86. The number of hydrogen-bond donors (Lipinski definition) is 6. The lowest BCUT2D eigenvalue weighted by molar-refractivity contribution is -0.384. The molecule has 0 aromatic heterocycles. The zero-order valence-corrected chi connectivity index (χ0v) is 21.4. The number of carbonyl (C=O) groups excluding carboxylic acids is 3. The Bertz CT molecular complexity index is 1410. The second-order valence-corrected chi connectivity index (χ2v) is 8.65. The van der Waals surface area contributed by atoms with Crippen LogP contribution in [0.1, 0.15) is 41.4 Å². The van der Waals surface area contributed by atoms with Crippen LogP contribution in [0.25, 0.3) is 0 Å². The summed E-state index contributed by atoms with van der Waals surface area (Å²) >= 11 is 0. The topological polar surface area (TPSA) is 183 Å². The van der Waals surface area contributed by atoms with Gasteiger partial charge in [-0.15, -0.1) is 0 Å². The first-order chi connectivity index (χ1) is 19.2. The molecular weight excluding hydrogens is 530 g/mol. The van der Waals surface area contributed by atoms with E-state index in [1.54, 1.807) is 48.5 Å². The fourth-order valence-electron chi connectivity index (χ4n) is 3.45. The molecule has 0 saturated heterocycles. The van der Waals surface area contributed by atoms with Crippen molar-refractivity contribution in [3.05, 3.63) is 105 Å². The second kappa shape index (κ2) is 15.5. The van der Waals surface area contributed by atoms with Gasteiger partial charge in [0.2, 0.25) is 5.91 Å². The Morgan fingerprint density at radius 3 is 2.00 bits per heavy atom. The molecule has 0 spiro atoms. The average Bonchev–Trinajstić information content (AvgIpc) is 2.95. The average molecular weight is 562 g/mol. The van der Waals surface area contributed by atoms with E-state index in [0.29, 0.717) is 23.4 Å². The highest BCUT2D eigenvalue weighted by Gasteiger charge is 2.25. The van der Waals surface area contributed by atoms with Crippen molar-refractivity contribution < 1.29 is 29.6 Å². The Kier molecular flexibility index (Phi) is 12.1. The second-order valence-electron chi connectivity index (χ2n) is 8.65. The lowest BCUT2D eigenvalue weighted by Gasteiger charge is -2.19. The van der Waals surface area contributed by atoms with E-state index in [1.807, 2.05) is 0 Å². The first kappa shape index (κ1) is 32.1. The Morgan fingerprint density at radius 1 is 0.927 bits per heavy atom. The molecule has 0 aliphatic rings. The predicted molar refractivity (Wildman–Crippen MR) is 152 cm³/mol. The number of carbonyl (C=O) groups is 3. The van der Waals surface area contributed by atoms with Gasteiger partial charge in [0.15, 0.2) is 0 Å². The fourth-order valence-corrected chi connectivity index (χ4v) is 3.45. The van der Waals surface area contributed by atoms with Gasteiger partial charge in [0.25, 0.3) is 17.5 Å². The summed E-state index contributed by atoms with van der Waals surface area (Å²) < 4.78 is 0. The standard InChI is InChI=1S/C28H27N5O7.CH4/c1-18(34)26(28(37)32-38)31-27(36)22-10-4-19(5-11-22)2-3-20-6-12-23(13-7-20)30-25(35)17-29-16-21-8-14-24(15-9-21)33(39)40;/h4-15,18,26,29,34,38H,16-17H2,1H3,(H,30,35)(H,31,36)(H,32,37);1H4/t18-,26+;/m1./s1. The highest BCUT2D eigenvalue weighted by atomic mass is 16.6. The van der Waals surface area contributed by atoms with Gasteiger partial charge in [-0.2, -0.15) is 0 Å². The maximum Gasteiger partial charge on any atom is 0.269 e. The summed E-state index contributed by atoms with van der Waals surface area (Å²) in [7, 11) is 0. The van der Waals surface area contributed by atoms with Gasteiger partial charge in [0.05, 0.1) is 17.6 Å². The van der Waals surface area contributed by atoms with Crippen LogP contribution in [0.5, 0.6) is 0 Å². The summed E-state index contributed by atoms with van der Waals surface area (Å²) in [5.41, 5.74) is 4.39. The predicted octanol–water partition coefficient (Wildman–Crippen LogP) is 2.34. The van der Waals surface area contributed by atoms with Crippen molar-refractivity contribution in [3.63, 3.8) is 0 Å². The van der Waals surface area contributed by atoms with Crippen LogP contribution in [-0.2, 0) is 16.1 Å². The smallest absolute Gasteiger partial charge is 0.269 e. The van der Waals surface area contributed by atoms with Gasteiger partial charge in [0, 0.05) is 41.1 Å². The number of non-ortho nitro benzene ring substituents is 1. The van der Waals surface area contributed by atoms with Crippen LogP contribution in [-0.4, -0.2) is 51.6 Å². The fraction of sp³-hybridized carbons (Fsp3) is 0.207. The zero-order valence-electron chi connectivity index (χ0n) is 21.4. The third-order valence-electron chi connectivity index (χ3n) is 5.59. The van der Waals surface area contributed by atoms with Gasteiger partial charge in [-0.1, -0.05) is 31.4 Å². The van der Waals surface area contributed by atoms with Crippen LogP contribution in [0.3, 0.4) is 0 Å². The number of nitro groups is 1. The lowest BCUT2D eigenvalue weighted by Crippen LogP contribution is -2.51. The van der Waals surface area contributed by atoms with Gasteiger partial charge < -0.3 is 21.1 Å². The monoisotopic (exact) mass is 561 g/mol. The molecule has 0 unspecified atom stereocenters. The van der Waals surface area contributed by atoms with E-state index in [4.69, 9.17) is 5.21 Å². The van der Waals surface area contributed by atoms with E-state index >= 15 is 0 Å². The van der Waals surface area contributed by atoms with E-state index in [0.717, 1.165) is 5.56 Å². The Balaban J connectivity index is 0.00000588. The molecule has 3 aromatic rings. The number of aliphatic hydroxyl groups excluding tert-OH is 1. The summed E-state index contributed by atoms with van der Waals surface area (Å²) in [4.78, 5) is 46.4. The maximum atomic E-state index is 12.4. The van der Waals surface area contributed by atoms with Crippen molar-refractivity contribution in [1.82, 2.24) is 16.1 Å². The highest BCUT2D eigenvalue weighted by molar-refractivity contribution is 5.97. The molecule has 3 amide bonds. The molecule has 0 aliphatic heterocycles. The summed E-state index contributed by atoms with van der Waals surface area (Å²) in [6.45, 7) is 1.75. The Hall–Kier alpha value is -5.09. The number of hydrogen-bond acceptors (Lipinski definition) is 8. The molecule has 0 bridgehead atoms. The molecule has 12 heteroatoms. The molecule has 0 radical (unpaired) electrons. The molecule has 3 rings (SSSR count). The van der Waals surface area contributed by atoms with E-state index in [1.165, 1.54) is 36.7 Å². The highest BCUT2D eigenvalue weighted by Crippen LogP contribution is 2.12. The quantitative estimate of drug-likeness (QED) is 0.0943. The van der Waals surface area contributed by atoms with Crippen molar-refractivity contribution in [2.45, 2.75) is 33.0 Å². The van der Waals surface area contributed by atoms with Crippen molar-refractivity contribution in [2.24, 2.45) is 0 Å². The van der Waals surface area contributed by atoms with Crippen LogP contribution in [0, 0.1) is 22.0 Å². The lowest BCUT2D eigenvalue weighted by atomic mass is 10.1. The van der Waals surface area contributed by atoms with Crippen molar-refractivity contribution in [1.29, 1.82) is 0 Å². The summed E-state index contributed by atoms with van der Waals surface area (Å²) in [6.07, 6.45) is -1.22. The molecular formula is C29H31N5O7. The molecule has 3 aromatic carbocycles. The van der Waals surface area contributed by atoms with Crippen LogP contribution in [0.15, 0.2) is 72.8 Å². The first-order valence-electron chi connectivity index (χ1n) is 12.0. The van der Waals surface area contributed by atoms with E-state index in [2.05, 4.69) is 27.8 Å². The Morgan fingerprint density at radius 2 is 1.49 bits per heavy atom. The van der Waals surface area contributed by atoms with Crippen LogP contribution in [0.2, 0.25) is 0 Å². The minimum atomic E-state index is -1.32. The number of anilines is 1. The Labute approximate surface area is 236 Å². The zero-order chi connectivity index (χ0) is 29.1. The van der Waals surface area contributed by atoms with E-state index < -0.39 is 28.9 Å². The van der Waals surface area contributed by atoms with Gasteiger partial charge in [-0.25, -0.2) is 5.48 Å². The molecule has 12 nitrogen and oxygen atoms in total. The van der Waals surface area contributed by atoms with Crippen molar-refractivity contribution in [2.75, 3.05) is 11.9 Å². The van der Waals surface area contributed by atoms with Crippen molar-refractivity contribution in [3.8, 4) is 11.8 Å². The number of benzene rings is 3. The molecule has 0 fully saturated rings. The summed E-state index contributed by atoms with van der Waals surface area (Å²) in [5.74, 6) is 4.18. The van der Waals surface area contributed by atoms with Crippen LogP contribution in [0.4, 0.5) is 11.4 Å². The van der Waals surface area contributed by atoms with Gasteiger partial charge in [-0.3, -0.25) is 29.7 Å². The molecule has 0 saturated carbocycles. The number of hydroxylamine groups is 1. The molecule has 214 valence electrons. The minimum Gasteiger partial charge on any atom is -0.391 e. The molecule has 2 atom stereocenters. The van der Waals surface area contributed by atoms with Gasteiger partial charge >= 0.3 is 0 Å². The number of rotatable bonds is 10. The van der Waals surface area contributed by atoms with Crippen LogP contribution < -0.4 is 21.4 Å². The SMILES string of the molecule is C.C[C@@H](O)[C@H](NC(=O)c1ccc(C#Cc2ccc(NC(=O)CNCc3ccc([N+](=O)[O-])cc3)cc2)cc1)C(=O)NO. The number of nitrogens with zero attached hydrogens (tertiary/aromatic N) is 1. The normalized spacial score (nSPS) is 11.5. The maximum absolute atomic E-state index is 12.4. The largest absolute Gasteiger partial charge is 0.391 e. The molecule has 0 aliphatic carbocycles. The molecule has 41 heavy (non-hydrogen) atoms.